The van der Waals surface area contributed by atoms with Crippen molar-refractivity contribution in [2.45, 2.75) is 44.3 Å². The highest BCUT2D eigenvalue weighted by Gasteiger charge is 2.33. The molecule has 1 aliphatic carbocycles. The lowest BCUT2D eigenvalue weighted by atomic mass is 9.93. The van der Waals surface area contributed by atoms with Crippen LogP contribution < -0.4 is 15.4 Å². The molecule has 1 saturated heterocycles. The molecule has 3 rings (SSSR count). The first-order chi connectivity index (χ1) is 12.1. The van der Waals surface area contributed by atoms with E-state index in [1.807, 2.05) is 4.90 Å². The van der Waals surface area contributed by atoms with Gasteiger partial charge in [0.05, 0.1) is 19.6 Å². The van der Waals surface area contributed by atoms with Crippen LogP contribution in [0.4, 0.5) is 4.39 Å². The van der Waals surface area contributed by atoms with Gasteiger partial charge in [0.25, 0.3) is 0 Å². The molecular formula is C18H24FN3O3. The summed E-state index contributed by atoms with van der Waals surface area (Å²) in [6, 6.07) is 4.35. The number of piperazine rings is 1. The topological polar surface area (TPSA) is 70.7 Å². The number of carbonyl (C=O) groups excluding carboxylic acids is 2. The Morgan fingerprint density at radius 2 is 2.24 bits per heavy atom. The van der Waals surface area contributed by atoms with Gasteiger partial charge in [0.15, 0.2) is 0 Å². The second kappa shape index (κ2) is 7.82. The van der Waals surface area contributed by atoms with E-state index in [9.17, 15) is 14.0 Å². The largest absolute Gasteiger partial charge is 0.497 e. The summed E-state index contributed by atoms with van der Waals surface area (Å²) in [5, 5.41) is 5.75. The Hall–Kier alpha value is -2.15. The van der Waals surface area contributed by atoms with Crippen LogP contribution in [0.25, 0.3) is 0 Å². The molecule has 2 N–H and O–H groups in total. The van der Waals surface area contributed by atoms with Gasteiger partial charge in [-0.3, -0.25) is 14.5 Å². The lowest BCUT2D eigenvalue weighted by molar-refractivity contribution is -0.134. The number of methoxy groups -OCH3 is 1. The Morgan fingerprint density at radius 3 is 2.88 bits per heavy atom. The quantitative estimate of drug-likeness (QED) is 0.809. The van der Waals surface area contributed by atoms with Gasteiger partial charge in [0, 0.05) is 37.3 Å². The van der Waals surface area contributed by atoms with E-state index in [1.165, 1.54) is 13.2 Å². The summed E-state index contributed by atoms with van der Waals surface area (Å²) in [5.41, 5.74) is 0.486. The Bertz CT molecular complexity index is 648. The van der Waals surface area contributed by atoms with Gasteiger partial charge in [0.1, 0.15) is 11.6 Å². The highest BCUT2D eigenvalue weighted by Crippen LogP contribution is 2.21. The van der Waals surface area contributed by atoms with Crippen molar-refractivity contribution in [3.63, 3.8) is 0 Å². The van der Waals surface area contributed by atoms with Crippen LogP contribution in [0.5, 0.6) is 5.75 Å². The fourth-order valence-corrected chi connectivity index (χ4v) is 3.19. The van der Waals surface area contributed by atoms with Gasteiger partial charge in [-0.05, 0) is 25.3 Å². The molecule has 1 aliphatic heterocycles. The van der Waals surface area contributed by atoms with Crippen LogP contribution in [-0.4, -0.2) is 49.0 Å². The molecule has 0 radical (unpaired) electrons. The molecule has 0 spiro atoms. The standard InChI is InChI=1S/C18H24FN3O3/c1-25-14-6-5-12(15(19)9-14)11-22-8-7-20-18(24)16(22)10-17(23)21-13-3-2-4-13/h5-6,9,13,16H,2-4,7-8,10-11H2,1H3,(H,20,24)(H,21,23)/t16-/m0/s1. The third-order valence-corrected chi connectivity index (χ3v) is 4.92. The minimum atomic E-state index is -0.574. The second-order valence-corrected chi connectivity index (χ2v) is 6.63. The van der Waals surface area contributed by atoms with Crippen molar-refractivity contribution < 1.29 is 18.7 Å². The van der Waals surface area contributed by atoms with E-state index in [0.717, 1.165) is 19.3 Å². The van der Waals surface area contributed by atoms with Crippen LogP contribution >= 0.6 is 0 Å². The van der Waals surface area contributed by atoms with Crippen LogP contribution in [0.2, 0.25) is 0 Å². The fourth-order valence-electron chi connectivity index (χ4n) is 3.19. The second-order valence-electron chi connectivity index (χ2n) is 6.63. The SMILES string of the molecule is COc1ccc(CN2CCNC(=O)[C@@H]2CC(=O)NC2CCC2)c(F)c1. The van der Waals surface area contributed by atoms with E-state index in [2.05, 4.69) is 10.6 Å². The summed E-state index contributed by atoms with van der Waals surface area (Å²) in [7, 11) is 1.49. The number of hydrogen-bond donors (Lipinski definition) is 2. The average molecular weight is 349 g/mol. The molecule has 1 saturated carbocycles. The van der Waals surface area contributed by atoms with Gasteiger partial charge in [-0.1, -0.05) is 6.07 Å². The molecule has 2 fully saturated rings. The predicted molar refractivity (Wildman–Crippen MR) is 90.6 cm³/mol. The van der Waals surface area contributed by atoms with Crippen LogP contribution in [0.1, 0.15) is 31.2 Å². The zero-order valence-corrected chi connectivity index (χ0v) is 14.4. The van der Waals surface area contributed by atoms with Crippen molar-refractivity contribution in [2.75, 3.05) is 20.2 Å². The van der Waals surface area contributed by atoms with Gasteiger partial charge in [0.2, 0.25) is 11.8 Å². The average Bonchev–Trinajstić information content (AvgIpc) is 2.56. The lowest BCUT2D eigenvalue weighted by Crippen LogP contribution is -2.56. The number of amides is 2. The van der Waals surface area contributed by atoms with E-state index in [1.54, 1.807) is 12.1 Å². The Kier molecular flexibility index (Phi) is 5.53. The first-order valence-corrected chi connectivity index (χ1v) is 8.70. The number of hydrogen-bond acceptors (Lipinski definition) is 4. The number of ether oxygens (including phenoxy) is 1. The summed E-state index contributed by atoms with van der Waals surface area (Å²) in [6.45, 7) is 1.36. The number of benzene rings is 1. The molecule has 0 aromatic heterocycles. The van der Waals surface area contributed by atoms with Gasteiger partial charge in [-0.15, -0.1) is 0 Å². The van der Waals surface area contributed by atoms with Crippen LogP contribution in [0.15, 0.2) is 18.2 Å². The maximum absolute atomic E-state index is 14.2. The number of halogens is 1. The Balaban J connectivity index is 1.66. The summed E-state index contributed by atoms with van der Waals surface area (Å²) in [5.74, 6) is -0.215. The third-order valence-electron chi connectivity index (χ3n) is 4.92. The van der Waals surface area contributed by atoms with Crippen LogP contribution in [0, 0.1) is 5.82 Å². The minimum Gasteiger partial charge on any atom is -0.497 e. The number of carbonyl (C=O) groups is 2. The van der Waals surface area contributed by atoms with Crippen molar-refractivity contribution in [3.05, 3.63) is 29.6 Å². The highest BCUT2D eigenvalue weighted by molar-refractivity contribution is 5.88. The van der Waals surface area contributed by atoms with Gasteiger partial charge >= 0.3 is 0 Å². The molecule has 6 nitrogen and oxygen atoms in total. The van der Waals surface area contributed by atoms with E-state index >= 15 is 0 Å². The Morgan fingerprint density at radius 1 is 1.44 bits per heavy atom. The maximum atomic E-state index is 14.2. The highest BCUT2D eigenvalue weighted by atomic mass is 19.1. The van der Waals surface area contributed by atoms with Crippen molar-refractivity contribution in [1.29, 1.82) is 0 Å². The van der Waals surface area contributed by atoms with E-state index in [0.29, 0.717) is 24.4 Å². The number of rotatable bonds is 6. The normalized spacial score (nSPS) is 21.4. The minimum absolute atomic E-state index is 0.0973. The third kappa shape index (κ3) is 4.28. The van der Waals surface area contributed by atoms with Crippen molar-refractivity contribution in [1.82, 2.24) is 15.5 Å². The first-order valence-electron chi connectivity index (χ1n) is 8.70. The zero-order valence-electron chi connectivity index (χ0n) is 14.4. The van der Waals surface area contributed by atoms with Crippen LogP contribution in [0.3, 0.4) is 0 Å². The molecule has 136 valence electrons. The molecule has 2 amide bonds. The van der Waals surface area contributed by atoms with Crippen molar-refractivity contribution in [2.24, 2.45) is 0 Å². The van der Waals surface area contributed by atoms with Gasteiger partial charge < -0.3 is 15.4 Å². The van der Waals surface area contributed by atoms with Gasteiger partial charge in [-0.25, -0.2) is 4.39 Å². The summed E-state index contributed by atoms with van der Waals surface area (Å²) >= 11 is 0. The number of nitrogens with one attached hydrogen (secondary N) is 2. The summed E-state index contributed by atoms with van der Waals surface area (Å²) in [4.78, 5) is 26.3. The molecule has 25 heavy (non-hydrogen) atoms. The van der Waals surface area contributed by atoms with Gasteiger partial charge in [-0.2, -0.15) is 0 Å². The smallest absolute Gasteiger partial charge is 0.237 e. The van der Waals surface area contributed by atoms with Crippen molar-refractivity contribution >= 4 is 11.8 Å². The molecular weight excluding hydrogens is 325 g/mol. The lowest BCUT2D eigenvalue weighted by Gasteiger charge is -2.35. The summed E-state index contributed by atoms with van der Waals surface area (Å²) in [6.07, 6.45) is 3.24. The first kappa shape index (κ1) is 17.7. The molecule has 2 aliphatic rings. The fraction of sp³-hybridized carbons (Fsp3) is 0.556. The molecule has 1 atom stereocenters. The molecule has 1 aromatic carbocycles. The molecule has 0 bridgehead atoms. The van der Waals surface area contributed by atoms with E-state index in [-0.39, 0.29) is 36.6 Å². The monoisotopic (exact) mass is 349 g/mol. The summed E-state index contributed by atoms with van der Waals surface area (Å²) < 4.78 is 19.2. The van der Waals surface area contributed by atoms with Crippen LogP contribution in [-0.2, 0) is 16.1 Å². The molecule has 0 unspecified atom stereocenters. The predicted octanol–water partition coefficient (Wildman–Crippen LogP) is 1.19. The number of nitrogens with zero attached hydrogens (tertiary/aromatic N) is 1. The maximum Gasteiger partial charge on any atom is 0.237 e. The van der Waals surface area contributed by atoms with E-state index < -0.39 is 6.04 Å². The zero-order chi connectivity index (χ0) is 17.8. The molecule has 7 heteroatoms. The Labute approximate surface area is 146 Å². The molecule has 1 heterocycles. The van der Waals surface area contributed by atoms with E-state index in [4.69, 9.17) is 4.74 Å². The van der Waals surface area contributed by atoms with Crippen molar-refractivity contribution in [3.8, 4) is 5.75 Å². The molecule has 1 aromatic rings.